The molecule has 0 heterocycles. The molecule has 0 aliphatic rings. The average Bonchev–Trinajstić information content (AvgIpc) is 2.46. The molecule has 0 spiro atoms. The molecule has 1 amide bonds. The second kappa shape index (κ2) is 7.47. The highest BCUT2D eigenvalue weighted by atomic mass is 35.5. The van der Waals surface area contributed by atoms with Gasteiger partial charge in [0.1, 0.15) is 0 Å². The zero-order valence-electron chi connectivity index (χ0n) is 11.7. The van der Waals surface area contributed by atoms with E-state index in [1.807, 2.05) is 12.1 Å². The van der Waals surface area contributed by atoms with Crippen molar-refractivity contribution in [1.82, 2.24) is 0 Å². The standard InChI is InChI=1S/C16H15ClN2O3/c17-13-6-1-2-7-14(13)18-10-15(20)19-12-5-3-4-11(8-12)9-16(21)22/h1-8,18H,9-10H2,(H,19,20)(H,21,22). The van der Waals surface area contributed by atoms with Gasteiger partial charge in [-0.3, -0.25) is 9.59 Å². The van der Waals surface area contributed by atoms with Crippen molar-refractivity contribution in [3.05, 3.63) is 59.1 Å². The first-order valence-corrected chi connectivity index (χ1v) is 7.01. The van der Waals surface area contributed by atoms with Gasteiger partial charge in [-0.1, -0.05) is 35.9 Å². The molecule has 22 heavy (non-hydrogen) atoms. The molecule has 3 N–H and O–H groups in total. The highest BCUT2D eigenvalue weighted by Gasteiger charge is 2.06. The number of hydrogen-bond donors (Lipinski definition) is 3. The Hall–Kier alpha value is -2.53. The number of aliphatic carboxylic acids is 1. The van der Waals surface area contributed by atoms with Gasteiger partial charge in [0, 0.05) is 5.69 Å². The third-order valence-corrected chi connectivity index (χ3v) is 3.21. The number of hydrogen-bond acceptors (Lipinski definition) is 3. The molecule has 0 unspecified atom stereocenters. The lowest BCUT2D eigenvalue weighted by Crippen LogP contribution is -2.21. The maximum atomic E-state index is 11.9. The van der Waals surface area contributed by atoms with E-state index in [9.17, 15) is 9.59 Å². The first-order chi connectivity index (χ1) is 10.5. The third kappa shape index (κ3) is 4.79. The maximum absolute atomic E-state index is 11.9. The Kier molecular flexibility index (Phi) is 5.38. The molecular formula is C16H15ClN2O3. The molecule has 0 aliphatic carbocycles. The normalized spacial score (nSPS) is 10.0. The number of carboxylic acids is 1. The van der Waals surface area contributed by atoms with E-state index in [1.54, 1.807) is 36.4 Å². The average molecular weight is 319 g/mol. The predicted octanol–water partition coefficient (Wildman–Crippen LogP) is 3.02. The van der Waals surface area contributed by atoms with Gasteiger partial charge in [0.25, 0.3) is 0 Å². The topological polar surface area (TPSA) is 78.4 Å². The van der Waals surface area contributed by atoms with E-state index in [-0.39, 0.29) is 18.9 Å². The van der Waals surface area contributed by atoms with Crippen LogP contribution in [-0.4, -0.2) is 23.5 Å². The zero-order valence-corrected chi connectivity index (χ0v) is 12.4. The molecule has 0 bridgehead atoms. The summed E-state index contributed by atoms with van der Waals surface area (Å²) in [7, 11) is 0. The van der Waals surface area contributed by atoms with Crippen LogP contribution in [0.3, 0.4) is 0 Å². The Morgan fingerprint density at radius 1 is 1.09 bits per heavy atom. The Morgan fingerprint density at radius 2 is 1.86 bits per heavy atom. The Labute approximate surface area is 132 Å². The van der Waals surface area contributed by atoms with E-state index in [1.165, 1.54) is 0 Å². The first kappa shape index (κ1) is 15.9. The highest BCUT2D eigenvalue weighted by Crippen LogP contribution is 2.20. The molecule has 2 aromatic carbocycles. The smallest absolute Gasteiger partial charge is 0.307 e. The number of anilines is 2. The van der Waals surface area contributed by atoms with Crippen LogP contribution in [0.15, 0.2) is 48.5 Å². The van der Waals surface area contributed by atoms with E-state index in [2.05, 4.69) is 10.6 Å². The van der Waals surface area contributed by atoms with Gasteiger partial charge in [-0.25, -0.2) is 0 Å². The maximum Gasteiger partial charge on any atom is 0.307 e. The van der Waals surface area contributed by atoms with Gasteiger partial charge in [0.05, 0.1) is 23.7 Å². The van der Waals surface area contributed by atoms with Crippen LogP contribution in [0, 0.1) is 0 Å². The summed E-state index contributed by atoms with van der Waals surface area (Å²) in [5.41, 5.74) is 1.87. The largest absolute Gasteiger partial charge is 0.481 e. The van der Waals surface area contributed by atoms with Gasteiger partial charge in [-0.05, 0) is 29.8 Å². The van der Waals surface area contributed by atoms with Crippen molar-refractivity contribution in [1.29, 1.82) is 0 Å². The SMILES string of the molecule is O=C(O)Cc1cccc(NC(=O)CNc2ccccc2Cl)c1. The molecular weight excluding hydrogens is 304 g/mol. The van der Waals surface area contributed by atoms with Gasteiger partial charge in [-0.15, -0.1) is 0 Å². The van der Waals surface area contributed by atoms with Gasteiger partial charge in [0.2, 0.25) is 5.91 Å². The van der Waals surface area contributed by atoms with Crippen molar-refractivity contribution in [2.45, 2.75) is 6.42 Å². The second-order valence-corrected chi connectivity index (χ2v) is 5.06. The van der Waals surface area contributed by atoms with Crippen LogP contribution in [-0.2, 0) is 16.0 Å². The minimum Gasteiger partial charge on any atom is -0.481 e. The van der Waals surface area contributed by atoms with Gasteiger partial charge in [-0.2, -0.15) is 0 Å². The quantitative estimate of drug-likeness (QED) is 0.765. The number of benzene rings is 2. The summed E-state index contributed by atoms with van der Waals surface area (Å²) in [6, 6.07) is 13.9. The van der Waals surface area contributed by atoms with Crippen molar-refractivity contribution < 1.29 is 14.7 Å². The predicted molar refractivity (Wildman–Crippen MR) is 86.4 cm³/mol. The molecule has 0 saturated heterocycles. The van der Waals surface area contributed by atoms with E-state index < -0.39 is 5.97 Å². The Balaban J connectivity index is 1.92. The van der Waals surface area contributed by atoms with Crippen LogP contribution >= 0.6 is 11.6 Å². The number of carbonyl (C=O) groups excluding carboxylic acids is 1. The van der Waals surface area contributed by atoms with Crippen molar-refractivity contribution in [3.8, 4) is 0 Å². The number of carboxylic acid groups (broad SMARTS) is 1. The Morgan fingerprint density at radius 3 is 2.59 bits per heavy atom. The zero-order chi connectivity index (χ0) is 15.9. The van der Waals surface area contributed by atoms with Crippen molar-refractivity contribution in [3.63, 3.8) is 0 Å². The lowest BCUT2D eigenvalue weighted by molar-refractivity contribution is -0.136. The number of carbonyl (C=O) groups is 2. The van der Waals surface area contributed by atoms with E-state index in [4.69, 9.17) is 16.7 Å². The molecule has 0 saturated carbocycles. The molecule has 2 rings (SSSR count). The minimum absolute atomic E-state index is 0.0624. The summed E-state index contributed by atoms with van der Waals surface area (Å²) in [6.07, 6.45) is -0.0818. The monoisotopic (exact) mass is 318 g/mol. The summed E-state index contributed by atoms with van der Waals surface area (Å²) >= 11 is 5.99. The molecule has 0 radical (unpaired) electrons. The van der Waals surface area contributed by atoms with Gasteiger partial charge >= 0.3 is 5.97 Å². The lowest BCUT2D eigenvalue weighted by Gasteiger charge is -2.09. The number of halogens is 1. The summed E-state index contributed by atoms with van der Waals surface area (Å²) in [6.45, 7) is 0.0624. The number of para-hydroxylation sites is 1. The summed E-state index contributed by atoms with van der Waals surface area (Å²) < 4.78 is 0. The first-order valence-electron chi connectivity index (χ1n) is 6.63. The van der Waals surface area contributed by atoms with Crippen molar-refractivity contribution in [2.24, 2.45) is 0 Å². The van der Waals surface area contributed by atoms with Crippen LogP contribution in [0.1, 0.15) is 5.56 Å². The molecule has 0 atom stereocenters. The fraction of sp³-hybridized carbons (Fsp3) is 0.125. The Bertz CT molecular complexity index is 689. The van der Waals surface area contributed by atoms with Crippen molar-refractivity contribution in [2.75, 3.05) is 17.2 Å². The highest BCUT2D eigenvalue weighted by molar-refractivity contribution is 6.33. The van der Waals surface area contributed by atoms with E-state index in [0.29, 0.717) is 22.0 Å². The molecule has 6 heteroatoms. The van der Waals surface area contributed by atoms with Crippen LogP contribution < -0.4 is 10.6 Å². The minimum atomic E-state index is -0.913. The summed E-state index contributed by atoms with van der Waals surface area (Å²) in [4.78, 5) is 22.6. The molecule has 0 aromatic heterocycles. The number of rotatable bonds is 6. The second-order valence-electron chi connectivity index (χ2n) is 4.65. The third-order valence-electron chi connectivity index (χ3n) is 2.88. The van der Waals surface area contributed by atoms with Crippen LogP contribution in [0.25, 0.3) is 0 Å². The van der Waals surface area contributed by atoms with Gasteiger partial charge in [0.15, 0.2) is 0 Å². The summed E-state index contributed by atoms with van der Waals surface area (Å²) in [5, 5.41) is 15.0. The van der Waals surface area contributed by atoms with Crippen LogP contribution in [0.2, 0.25) is 5.02 Å². The fourth-order valence-electron chi connectivity index (χ4n) is 1.92. The molecule has 2 aromatic rings. The number of nitrogens with one attached hydrogen (secondary N) is 2. The van der Waals surface area contributed by atoms with Crippen LogP contribution in [0.5, 0.6) is 0 Å². The lowest BCUT2D eigenvalue weighted by atomic mass is 10.1. The molecule has 114 valence electrons. The summed E-state index contributed by atoms with van der Waals surface area (Å²) in [5.74, 6) is -1.16. The molecule has 0 aliphatic heterocycles. The van der Waals surface area contributed by atoms with Crippen LogP contribution in [0.4, 0.5) is 11.4 Å². The van der Waals surface area contributed by atoms with E-state index >= 15 is 0 Å². The molecule has 5 nitrogen and oxygen atoms in total. The fourth-order valence-corrected chi connectivity index (χ4v) is 2.12. The molecule has 0 fully saturated rings. The van der Waals surface area contributed by atoms with E-state index in [0.717, 1.165) is 0 Å². The number of amides is 1. The van der Waals surface area contributed by atoms with Crippen molar-refractivity contribution >= 4 is 34.9 Å². The van der Waals surface area contributed by atoms with Gasteiger partial charge < -0.3 is 15.7 Å².